The van der Waals surface area contributed by atoms with E-state index in [9.17, 15) is 9.59 Å². The van der Waals surface area contributed by atoms with Crippen LogP contribution >= 0.6 is 11.6 Å². The SMILES string of the molecule is COC(=O)[C@H]1CCCCN1C(=O)c1ccc(Cl)c(C)c1. The number of piperidine rings is 1. The summed E-state index contributed by atoms with van der Waals surface area (Å²) < 4.78 is 4.79. The highest BCUT2D eigenvalue weighted by Gasteiger charge is 2.33. The van der Waals surface area contributed by atoms with Crippen LogP contribution in [0.4, 0.5) is 0 Å². The Morgan fingerprint density at radius 2 is 2.10 bits per heavy atom. The summed E-state index contributed by atoms with van der Waals surface area (Å²) in [5.41, 5.74) is 1.41. The molecule has 0 N–H and O–H groups in total. The van der Waals surface area contributed by atoms with E-state index >= 15 is 0 Å². The number of benzene rings is 1. The van der Waals surface area contributed by atoms with Gasteiger partial charge in [-0.05, 0) is 49.9 Å². The summed E-state index contributed by atoms with van der Waals surface area (Å²) in [5, 5.41) is 0.629. The number of carbonyl (C=O) groups excluding carboxylic acids is 2. The Bertz CT molecular complexity index is 530. The highest BCUT2D eigenvalue weighted by molar-refractivity contribution is 6.31. The molecule has 1 aliphatic rings. The molecule has 1 atom stereocenters. The number of esters is 1. The smallest absolute Gasteiger partial charge is 0.328 e. The number of halogens is 1. The maximum absolute atomic E-state index is 12.6. The average molecular weight is 296 g/mol. The van der Waals surface area contributed by atoms with Crippen molar-refractivity contribution in [1.29, 1.82) is 0 Å². The van der Waals surface area contributed by atoms with Crippen LogP contribution in [0.15, 0.2) is 18.2 Å². The fraction of sp³-hybridized carbons (Fsp3) is 0.467. The van der Waals surface area contributed by atoms with Crippen LogP contribution in [0.1, 0.15) is 35.2 Å². The molecule has 0 bridgehead atoms. The van der Waals surface area contributed by atoms with Crippen molar-refractivity contribution in [3.63, 3.8) is 0 Å². The van der Waals surface area contributed by atoms with Crippen LogP contribution in [-0.4, -0.2) is 36.5 Å². The Hall–Kier alpha value is -1.55. The molecular formula is C15H18ClNO3. The summed E-state index contributed by atoms with van der Waals surface area (Å²) in [7, 11) is 1.35. The summed E-state index contributed by atoms with van der Waals surface area (Å²) in [6, 6.07) is 4.69. The number of amides is 1. The van der Waals surface area contributed by atoms with Crippen molar-refractivity contribution >= 4 is 23.5 Å². The van der Waals surface area contributed by atoms with Crippen molar-refractivity contribution in [1.82, 2.24) is 4.90 Å². The molecule has 0 aliphatic carbocycles. The second-order valence-corrected chi connectivity index (χ2v) is 5.40. The molecule has 0 aromatic heterocycles. The third kappa shape index (κ3) is 2.96. The molecule has 108 valence electrons. The molecule has 20 heavy (non-hydrogen) atoms. The van der Waals surface area contributed by atoms with Crippen LogP contribution in [0.25, 0.3) is 0 Å². The third-order valence-corrected chi connectivity index (χ3v) is 4.07. The highest BCUT2D eigenvalue weighted by atomic mass is 35.5. The van der Waals surface area contributed by atoms with Crippen LogP contribution in [0, 0.1) is 6.92 Å². The second-order valence-electron chi connectivity index (χ2n) is 5.00. The number of ether oxygens (including phenoxy) is 1. The van der Waals surface area contributed by atoms with Crippen molar-refractivity contribution in [3.05, 3.63) is 34.3 Å². The number of aryl methyl sites for hydroxylation is 1. The van der Waals surface area contributed by atoms with Crippen LogP contribution in [0.5, 0.6) is 0 Å². The number of methoxy groups -OCH3 is 1. The first-order chi connectivity index (χ1) is 9.54. The Labute approximate surface area is 123 Å². The summed E-state index contributed by atoms with van der Waals surface area (Å²) in [5.74, 6) is -0.483. The van der Waals surface area contributed by atoms with E-state index < -0.39 is 6.04 Å². The highest BCUT2D eigenvalue weighted by Crippen LogP contribution is 2.23. The molecular weight excluding hydrogens is 278 g/mol. The largest absolute Gasteiger partial charge is 0.467 e. The normalized spacial score (nSPS) is 18.8. The van der Waals surface area contributed by atoms with E-state index in [1.54, 1.807) is 23.1 Å². The van der Waals surface area contributed by atoms with Crippen LogP contribution in [0.3, 0.4) is 0 Å². The number of nitrogens with zero attached hydrogens (tertiary/aromatic N) is 1. The van der Waals surface area contributed by atoms with Gasteiger partial charge in [-0.1, -0.05) is 11.6 Å². The van der Waals surface area contributed by atoms with Gasteiger partial charge in [-0.3, -0.25) is 4.79 Å². The Balaban J connectivity index is 2.25. The minimum Gasteiger partial charge on any atom is -0.467 e. The van der Waals surface area contributed by atoms with Crippen molar-refractivity contribution in [2.75, 3.05) is 13.7 Å². The van der Waals surface area contributed by atoms with Gasteiger partial charge >= 0.3 is 5.97 Å². The van der Waals surface area contributed by atoms with Gasteiger partial charge in [0.15, 0.2) is 0 Å². The van der Waals surface area contributed by atoms with Gasteiger partial charge in [0.1, 0.15) is 6.04 Å². The molecule has 4 nitrogen and oxygen atoms in total. The first kappa shape index (κ1) is 14.9. The van der Waals surface area contributed by atoms with Gasteiger partial charge in [-0.15, -0.1) is 0 Å². The number of hydrogen-bond acceptors (Lipinski definition) is 3. The topological polar surface area (TPSA) is 46.6 Å². The fourth-order valence-corrected chi connectivity index (χ4v) is 2.62. The standard InChI is InChI=1S/C15H18ClNO3/c1-10-9-11(6-7-12(10)16)14(18)17-8-4-3-5-13(17)15(19)20-2/h6-7,9,13H,3-5,8H2,1-2H3/t13-/m1/s1. The van der Waals surface area contributed by atoms with E-state index in [2.05, 4.69) is 0 Å². The monoisotopic (exact) mass is 295 g/mol. The maximum Gasteiger partial charge on any atom is 0.328 e. The summed E-state index contributed by atoms with van der Waals surface area (Å²) >= 11 is 5.97. The van der Waals surface area contributed by atoms with Gasteiger partial charge in [0.05, 0.1) is 7.11 Å². The lowest BCUT2D eigenvalue weighted by Crippen LogP contribution is -2.48. The first-order valence-electron chi connectivity index (χ1n) is 6.69. The number of hydrogen-bond donors (Lipinski definition) is 0. The zero-order valence-electron chi connectivity index (χ0n) is 11.7. The molecule has 2 rings (SSSR count). The number of likely N-dealkylation sites (tertiary alicyclic amines) is 1. The van der Waals surface area contributed by atoms with Crippen molar-refractivity contribution in [3.8, 4) is 0 Å². The van der Waals surface area contributed by atoms with Gasteiger partial charge in [-0.25, -0.2) is 4.79 Å². The van der Waals surface area contributed by atoms with E-state index in [0.717, 1.165) is 18.4 Å². The zero-order chi connectivity index (χ0) is 14.7. The van der Waals surface area contributed by atoms with Gasteiger partial charge in [0.2, 0.25) is 0 Å². The molecule has 0 unspecified atom stereocenters. The molecule has 1 aliphatic heterocycles. The molecule has 1 heterocycles. The van der Waals surface area contributed by atoms with E-state index in [4.69, 9.17) is 16.3 Å². The lowest BCUT2D eigenvalue weighted by atomic mass is 10.0. The molecule has 1 saturated heterocycles. The quantitative estimate of drug-likeness (QED) is 0.788. The maximum atomic E-state index is 12.6. The number of rotatable bonds is 2. The minimum absolute atomic E-state index is 0.139. The molecule has 1 aromatic carbocycles. The zero-order valence-corrected chi connectivity index (χ0v) is 12.4. The molecule has 1 fully saturated rings. The third-order valence-electron chi connectivity index (χ3n) is 3.64. The van der Waals surface area contributed by atoms with Crippen molar-refractivity contribution in [2.24, 2.45) is 0 Å². The van der Waals surface area contributed by atoms with Gasteiger partial charge < -0.3 is 9.64 Å². The van der Waals surface area contributed by atoms with Crippen LogP contribution in [-0.2, 0) is 9.53 Å². The Morgan fingerprint density at radius 3 is 2.75 bits per heavy atom. The molecule has 1 amide bonds. The molecule has 0 saturated carbocycles. The average Bonchev–Trinajstić information content (AvgIpc) is 2.48. The van der Waals surface area contributed by atoms with E-state index in [1.165, 1.54) is 7.11 Å². The molecule has 0 spiro atoms. The minimum atomic E-state index is -0.475. The fourth-order valence-electron chi connectivity index (χ4n) is 2.50. The van der Waals surface area contributed by atoms with Gasteiger partial charge in [-0.2, -0.15) is 0 Å². The lowest BCUT2D eigenvalue weighted by molar-refractivity contribution is -0.147. The van der Waals surface area contributed by atoms with E-state index in [0.29, 0.717) is 23.6 Å². The van der Waals surface area contributed by atoms with Crippen molar-refractivity contribution < 1.29 is 14.3 Å². The Kier molecular flexibility index (Phi) is 4.65. The van der Waals surface area contributed by atoms with Crippen LogP contribution in [0.2, 0.25) is 5.02 Å². The van der Waals surface area contributed by atoms with Gasteiger partial charge in [0.25, 0.3) is 5.91 Å². The predicted molar refractivity (Wildman–Crippen MR) is 76.9 cm³/mol. The van der Waals surface area contributed by atoms with E-state index in [-0.39, 0.29) is 11.9 Å². The molecule has 1 aromatic rings. The number of carbonyl (C=O) groups is 2. The Morgan fingerprint density at radius 1 is 1.35 bits per heavy atom. The summed E-state index contributed by atoms with van der Waals surface area (Å²) in [4.78, 5) is 26.0. The van der Waals surface area contributed by atoms with Gasteiger partial charge in [0, 0.05) is 17.1 Å². The summed E-state index contributed by atoms with van der Waals surface area (Å²) in [6.45, 7) is 2.44. The predicted octanol–water partition coefficient (Wildman–Crippen LogP) is 2.82. The molecule has 0 radical (unpaired) electrons. The summed E-state index contributed by atoms with van der Waals surface area (Å²) in [6.07, 6.45) is 2.50. The second kappa shape index (κ2) is 6.27. The van der Waals surface area contributed by atoms with Crippen molar-refractivity contribution in [2.45, 2.75) is 32.2 Å². The lowest BCUT2D eigenvalue weighted by Gasteiger charge is -2.33. The molecule has 5 heteroatoms. The van der Waals surface area contributed by atoms with Crippen LogP contribution < -0.4 is 0 Å². The van der Waals surface area contributed by atoms with E-state index in [1.807, 2.05) is 6.92 Å². The first-order valence-corrected chi connectivity index (χ1v) is 7.07.